The van der Waals surface area contributed by atoms with Gasteiger partial charge in [-0.3, -0.25) is 10.1 Å². The van der Waals surface area contributed by atoms with Crippen LogP contribution in [0.25, 0.3) is 22.4 Å². The molecule has 3 rings (SSSR count). The molecule has 4 nitrogen and oxygen atoms in total. The van der Waals surface area contributed by atoms with E-state index in [1.807, 2.05) is 19.1 Å². The topological polar surface area (TPSA) is 67.6 Å². The van der Waals surface area contributed by atoms with Crippen molar-refractivity contribution in [2.24, 2.45) is 0 Å². The highest BCUT2D eigenvalue weighted by atomic mass is 19.1. The van der Waals surface area contributed by atoms with E-state index in [-0.39, 0.29) is 5.82 Å². The first-order valence-electron chi connectivity index (χ1n) is 6.17. The number of benzene rings is 1. The summed E-state index contributed by atoms with van der Waals surface area (Å²) in [4.78, 5) is 4.09. The van der Waals surface area contributed by atoms with Crippen LogP contribution in [0, 0.1) is 12.7 Å². The van der Waals surface area contributed by atoms with Gasteiger partial charge in [0.05, 0.1) is 11.3 Å². The lowest BCUT2D eigenvalue weighted by Gasteiger charge is -2.07. The number of aryl methyl sites for hydroxylation is 1. The molecular weight excluding hydrogens is 255 g/mol. The first-order valence-corrected chi connectivity index (χ1v) is 6.17. The van der Waals surface area contributed by atoms with Crippen molar-refractivity contribution in [1.82, 2.24) is 15.2 Å². The monoisotopic (exact) mass is 268 g/mol. The maximum atomic E-state index is 13.5. The summed E-state index contributed by atoms with van der Waals surface area (Å²) < 4.78 is 13.5. The van der Waals surface area contributed by atoms with Crippen LogP contribution in [-0.2, 0) is 0 Å². The minimum absolute atomic E-state index is 0.295. The molecule has 1 aromatic carbocycles. The lowest BCUT2D eigenvalue weighted by Crippen LogP contribution is -1.91. The van der Waals surface area contributed by atoms with E-state index in [2.05, 4.69) is 15.2 Å². The number of aromatic nitrogens is 3. The third kappa shape index (κ3) is 2.03. The first-order chi connectivity index (χ1) is 9.66. The average Bonchev–Trinajstić information content (AvgIpc) is 2.84. The lowest BCUT2D eigenvalue weighted by atomic mass is 9.99. The highest BCUT2D eigenvalue weighted by molar-refractivity contribution is 5.88. The number of rotatable bonds is 2. The molecule has 0 saturated carbocycles. The molecule has 0 atom stereocenters. The van der Waals surface area contributed by atoms with Crippen molar-refractivity contribution in [1.29, 1.82) is 0 Å². The molecule has 5 heteroatoms. The van der Waals surface area contributed by atoms with Crippen LogP contribution in [0.1, 0.15) is 5.56 Å². The fraction of sp³-hybridized carbons (Fsp3) is 0.0667. The number of H-pyrrole nitrogens is 1. The van der Waals surface area contributed by atoms with Crippen LogP contribution < -0.4 is 5.73 Å². The van der Waals surface area contributed by atoms with E-state index in [0.29, 0.717) is 11.5 Å². The van der Waals surface area contributed by atoms with Crippen LogP contribution in [0.4, 0.5) is 10.2 Å². The van der Waals surface area contributed by atoms with Crippen LogP contribution in [-0.4, -0.2) is 15.2 Å². The Morgan fingerprint density at radius 3 is 2.85 bits per heavy atom. The fourth-order valence-electron chi connectivity index (χ4n) is 2.22. The van der Waals surface area contributed by atoms with Crippen molar-refractivity contribution in [3.63, 3.8) is 0 Å². The molecule has 0 fully saturated rings. The molecule has 2 aromatic heterocycles. The minimum atomic E-state index is -0.295. The second-order valence-electron chi connectivity index (χ2n) is 4.56. The number of hydrogen-bond acceptors (Lipinski definition) is 3. The van der Waals surface area contributed by atoms with Crippen molar-refractivity contribution in [2.75, 3.05) is 5.73 Å². The Labute approximate surface area is 115 Å². The first kappa shape index (κ1) is 12.3. The summed E-state index contributed by atoms with van der Waals surface area (Å²) in [6.45, 7) is 1.92. The standard InChI is InChI=1S/C15H13FN4/c1-9-4-5-11(16)7-12(9)14-13(15(17)20-19-14)10-3-2-6-18-8-10/h2-8H,1H3,(H3,17,19,20). The van der Waals surface area contributed by atoms with Crippen molar-refractivity contribution >= 4 is 5.82 Å². The zero-order chi connectivity index (χ0) is 14.1. The number of aromatic amines is 1. The molecule has 0 saturated heterocycles. The Bertz CT molecular complexity index is 750. The lowest BCUT2D eigenvalue weighted by molar-refractivity contribution is 0.628. The summed E-state index contributed by atoms with van der Waals surface area (Å²) in [5, 5.41) is 6.93. The number of nitrogens with one attached hydrogen (secondary N) is 1. The molecule has 0 unspecified atom stereocenters. The zero-order valence-electron chi connectivity index (χ0n) is 10.9. The normalized spacial score (nSPS) is 10.7. The summed E-state index contributed by atoms with van der Waals surface area (Å²) in [7, 11) is 0. The maximum Gasteiger partial charge on any atom is 0.153 e. The van der Waals surface area contributed by atoms with Crippen LogP contribution in [0.3, 0.4) is 0 Å². The summed E-state index contributed by atoms with van der Waals surface area (Å²) in [5.41, 5.74) is 9.91. The minimum Gasteiger partial charge on any atom is -0.382 e. The van der Waals surface area contributed by atoms with Crippen LogP contribution in [0.2, 0.25) is 0 Å². The molecule has 2 heterocycles. The van der Waals surface area contributed by atoms with Gasteiger partial charge in [0.1, 0.15) is 5.82 Å². The molecule has 20 heavy (non-hydrogen) atoms. The van der Waals surface area contributed by atoms with Crippen molar-refractivity contribution < 1.29 is 4.39 Å². The second kappa shape index (κ2) is 4.77. The predicted octanol–water partition coefficient (Wildman–Crippen LogP) is 3.17. The van der Waals surface area contributed by atoms with Gasteiger partial charge in [-0.25, -0.2) is 4.39 Å². The SMILES string of the molecule is Cc1ccc(F)cc1-c1[nH]nc(N)c1-c1cccnc1. The summed E-state index contributed by atoms with van der Waals surface area (Å²) in [6.07, 6.45) is 3.40. The molecule has 0 aliphatic heterocycles. The van der Waals surface area contributed by atoms with Crippen molar-refractivity contribution in [2.45, 2.75) is 6.92 Å². The molecule has 0 amide bonds. The van der Waals surface area contributed by atoms with Crippen LogP contribution >= 0.6 is 0 Å². The number of hydrogen-bond donors (Lipinski definition) is 2. The van der Waals surface area contributed by atoms with Gasteiger partial charge in [-0.1, -0.05) is 12.1 Å². The Morgan fingerprint density at radius 2 is 2.10 bits per heavy atom. The van der Waals surface area contributed by atoms with E-state index in [9.17, 15) is 4.39 Å². The Hall–Kier alpha value is -2.69. The average molecular weight is 268 g/mol. The largest absolute Gasteiger partial charge is 0.382 e. The highest BCUT2D eigenvalue weighted by Crippen LogP contribution is 2.35. The second-order valence-corrected chi connectivity index (χ2v) is 4.56. The molecule has 0 aliphatic rings. The molecular formula is C15H13FN4. The number of nitrogen functional groups attached to an aromatic ring is 1. The maximum absolute atomic E-state index is 13.5. The highest BCUT2D eigenvalue weighted by Gasteiger charge is 2.16. The van der Waals surface area contributed by atoms with Crippen molar-refractivity contribution in [3.05, 3.63) is 54.1 Å². The smallest absolute Gasteiger partial charge is 0.153 e. The molecule has 0 bridgehead atoms. The number of halogens is 1. The van der Waals surface area contributed by atoms with Gasteiger partial charge in [-0.05, 0) is 30.7 Å². The zero-order valence-corrected chi connectivity index (χ0v) is 10.9. The molecule has 3 aromatic rings. The van der Waals surface area contributed by atoms with Gasteiger partial charge in [-0.2, -0.15) is 5.10 Å². The molecule has 100 valence electrons. The van der Waals surface area contributed by atoms with E-state index in [4.69, 9.17) is 5.73 Å². The number of nitrogens with zero attached hydrogens (tertiary/aromatic N) is 2. The quantitative estimate of drug-likeness (QED) is 0.750. The summed E-state index contributed by atoms with van der Waals surface area (Å²) in [6, 6.07) is 8.36. The fourth-order valence-corrected chi connectivity index (χ4v) is 2.22. The number of anilines is 1. The Balaban J connectivity index is 2.24. The van der Waals surface area contributed by atoms with E-state index in [1.54, 1.807) is 18.5 Å². The van der Waals surface area contributed by atoms with E-state index >= 15 is 0 Å². The van der Waals surface area contributed by atoms with Crippen molar-refractivity contribution in [3.8, 4) is 22.4 Å². The predicted molar refractivity (Wildman–Crippen MR) is 76.4 cm³/mol. The molecule has 0 spiro atoms. The van der Waals surface area contributed by atoms with Gasteiger partial charge < -0.3 is 5.73 Å². The van der Waals surface area contributed by atoms with E-state index < -0.39 is 0 Å². The Morgan fingerprint density at radius 1 is 1.25 bits per heavy atom. The molecule has 3 N–H and O–H groups in total. The number of pyridine rings is 1. The third-order valence-corrected chi connectivity index (χ3v) is 3.21. The van der Waals surface area contributed by atoms with Gasteiger partial charge in [0.25, 0.3) is 0 Å². The van der Waals surface area contributed by atoms with E-state index in [0.717, 1.165) is 22.3 Å². The summed E-state index contributed by atoms with van der Waals surface area (Å²) in [5.74, 6) is 0.0765. The molecule has 0 radical (unpaired) electrons. The van der Waals surface area contributed by atoms with Crippen LogP contribution in [0.15, 0.2) is 42.7 Å². The van der Waals surface area contributed by atoms with Gasteiger partial charge in [-0.15, -0.1) is 0 Å². The van der Waals surface area contributed by atoms with E-state index in [1.165, 1.54) is 12.1 Å². The molecule has 0 aliphatic carbocycles. The summed E-state index contributed by atoms with van der Waals surface area (Å²) >= 11 is 0. The Kier molecular flexibility index (Phi) is 2.95. The van der Waals surface area contributed by atoms with Gasteiger partial charge in [0.15, 0.2) is 5.82 Å². The van der Waals surface area contributed by atoms with Gasteiger partial charge in [0.2, 0.25) is 0 Å². The van der Waals surface area contributed by atoms with Crippen LogP contribution in [0.5, 0.6) is 0 Å². The van der Waals surface area contributed by atoms with Gasteiger partial charge in [0, 0.05) is 23.5 Å². The number of nitrogens with two attached hydrogens (primary N) is 1. The van der Waals surface area contributed by atoms with Gasteiger partial charge >= 0.3 is 0 Å². The third-order valence-electron chi connectivity index (χ3n) is 3.21.